The van der Waals surface area contributed by atoms with E-state index < -0.39 is 58.8 Å². The molecule has 3 amide bonds. The average Bonchev–Trinajstić information content (AvgIpc) is 2.74. The third-order valence-electron chi connectivity index (χ3n) is 5.19. The molecule has 1 aromatic heterocycles. The summed E-state index contributed by atoms with van der Waals surface area (Å²) in [6.07, 6.45) is -2.62. The van der Waals surface area contributed by atoms with Gasteiger partial charge in [-0.3, -0.25) is 4.79 Å². The van der Waals surface area contributed by atoms with Crippen LogP contribution < -0.4 is 15.8 Å². The number of nitrogens with one attached hydrogen (secondary N) is 1. The van der Waals surface area contributed by atoms with Crippen LogP contribution in [0.3, 0.4) is 0 Å². The minimum Gasteiger partial charge on any atom is -0.454 e. The summed E-state index contributed by atoms with van der Waals surface area (Å²) in [5.41, 5.74) is 3.32. The maximum atomic E-state index is 15.1. The van der Waals surface area contributed by atoms with Gasteiger partial charge in [-0.2, -0.15) is 13.2 Å². The molecule has 1 aliphatic rings. The zero-order valence-electron chi connectivity index (χ0n) is 16.9. The zero-order valence-corrected chi connectivity index (χ0v) is 17.7. The lowest BCUT2D eigenvalue weighted by Gasteiger charge is -2.47. The van der Waals surface area contributed by atoms with Gasteiger partial charge in [-0.15, -0.1) is 0 Å². The highest BCUT2D eigenvalue weighted by Gasteiger charge is 2.52. The molecule has 2 atom stereocenters. The smallest absolute Gasteiger partial charge is 0.422 e. The van der Waals surface area contributed by atoms with Crippen LogP contribution >= 0.6 is 11.6 Å². The third-order valence-corrected chi connectivity index (χ3v) is 5.54. The molecule has 0 radical (unpaired) electrons. The van der Waals surface area contributed by atoms with Crippen molar-refractivity contribution in [2.45, 2.75) is 24.6 Å². The Kier molecular flexibility index (Phi) is 6.63. The van der Waals surface area contributed by atoms with Crippen molar-refractivity contribution < 1.29 is 36.3 Å². The van der Waals surface area contributed by atoms with E-state index in [0.717, 1.165) is 29.4 Å². The second-order valence-electron chi connectivity index (χ2n) is 7.29. The van der Waals surface area contributed by atoms with Crippen LogP contribution in [-0.2, 0) is 4.79 Å². The Hall–Kier alpha value is -3.22. The van der Waals surface area contributed by atoms with E-state index in [1.165, 1.54) is 6.92 Å². The molecular weight excluding hydrogens is 477 g/mol. The van der Waals surface area contributed by atoms with E-state index in [1.54, 1.807) is 0 Å². The number of hydrogen-bond donors (Lipinski definition) is 2. The lowest BCUT2D eigenvalue weighted by molar-refractivity contribution is -0.154. The largest absolute Gasteiger partial charge is 0.454 e. The number of piperazine rings is 1. The summed E-state index contributed by atoms with van der Waals surface area (Å²) in [6.45, 7) is -0.301. The van der Waals surface area contributed by atoms with Crippen LogP contribution in [0.1, 0.15) is 24.0 Å². The third kappa shape index (κ3) is 4.77. The number of ether oxygens (including phenoxy) is 1. The first-order valence-electron chi connectivity index (χ1n) is 9.36. The number of benzene rings is 1. The van der Waals surface area contributed by atoms with Crippen molar-refractivity contribution in [1.29, 1.82) is 0 Å². The molecule has 14 heteroatoms. The van der Waals surface area contributed by atoms with Gasteiger partial charge in [-0.05, 0) is 18.6 Å². The molecule has 8 nitrogen and oxygen atoms in total. The minimum atomic E-state index is -4.63. The number of halogens is 6. The molecular formula is C19H17ClF5N5O3. The van der Waals surface area contributed by atoms with Crippen LogP contribution in [-0.4, -0.2) is 58.2 Å². The molecule has 1 fully saturated rings. The Bertz CT molecular complexity index is 1070. The van der Waals surface area contributed by atoms with Crippen molar-refractivity contribution in [1.82, 2.24) is 20.2 Å². The van der Waals surface area contributed by atoms with Crippen molar-refractivity contribution in [3.05, 3.63) is 52.3 Å². The average molecular weight is 494 g/mol. The summed E-state index contributed by atoms with van der Waals surface area (Å²) in [5, 5.41) is 1.71. The second-order valence-corrected chi connectivity index (χ2v) is 7.67. The molecule has 0 saturated carbocycles. The Morgan fingerprint density at radius 1 is 1.33 bits per heavy atom. The van der Waals surface area contributed by atoms with E-state index in [9.17, 15) is 27.2 Å². The van der Waals surface area contributed by atoms with Gasteiger partial charge < -0.3 is 20.7 Å². The molecule has 3 rings (SSSR count). The summed E-state index contributed by atoms with van der Waals surface area (Å²) in [7, 11) is 0. The molecule has 0 spiro atoms. The number of alkyl halides is 3. The van der Waals surface area contributed by atoms with E-state index in [1.807, 2.05) is 0 Å². The highest BCUT2D eigenvalue weighted by Crippen LogP contribution is 2.42. The number of nitrogens with zero attached hydrogens (tertiary/aromatic N) is 3. The first-order chi connectivity index (χ1) is 15.4. The van der Waals surface area contributed by atoms with Crippen LogP contribution in [0.4, 0.5) is 26.7 Å². The highest BCUT2D eigenvalue weighted by atomic mass is 35.5. The van der Waals surface area contributed by atoms with Crippen molar-refractivity contribution in [3.8, 4) is 6.01 Å². The van der Waals surface area contributed by atoms with Crippen molar-refractivity contribution in [2.75, 3.05) is 19.7 Å². The number of carbonyl (C=O) groups is 2. The van der Waals surface area contributed by atoms with E-state index in [-0.39, 0.29) is 24.2 Å². The number of hydrogen-bond acceptors (Lipinski definition) is 5. The molecule has 33 heavy (non-hydrogen) atoms. The van der Waals surface area contributed by atoms with Gasteiger partial charge in [0.05, 0.1) is 0 Å². The van der Waals surface area contributed by atoms with Crippen LogP contribution in [0, 0.1) is 11.6 Å². The van der Waals surface area contributed by atoms with Crippen LogP contribution in [0.5, 0.6) is 6.01 Å². The normalized spacial score (nSPS) is 19.7. The van der Waals surface area contributed by atoms with Gasteiger partial charge >= 0.3 is 18.2 Å². The van der Waals surface area contributed by atoms with Gasteiger partial charge in [-0.1, -0.05) is 17.7 Å². The van der Waals surface area contributed by atoms with Crippen molar-refractivity contribution >= 4 is 23.5 Å². The quantitative estimate of drug-likeness (QED) is 0.491. The summed E-state index contributed by atoms with van der Waals surface area (Å²) < 4.78 is 70.5. The first kappa shape index (κ1) is 24.4. The fourth-order valence-corrected chi connectivity index (χ4v) is 3.88. The Morgan fingerprint density at radius 2 is 1.97 bits per heavy atom. The molecule has 2 aromatic rings. The maximum absolute atomic E-state index is 15.1. The summed E-state index contributed by atoms with van der Waals surface area (Å²) in [4.78, 5) is 33.5. The molecule has 178 valence electrons. The van der Waals surface area contributed by atoms with E-state index >= 15 is 4.39 Å². The van der Waals surface area contributed by atoms with Gasteiger partial charge in [-0.25, -0.2) is 23.5 Å². The zero-order chi connectivity index (χ0) is 24.6. The minimum absolute atomic E-state index is 0.00161. The van der Waals surface area contributed by atoms with Crippen LogP contribution in [0.25, 0.3) is 0 Å². The number of urea groups is 1. The van der Waals surface area contributed by atoms with E-state index in [0.29, 0.717) is 0 Å². The Labute approximate surface area is 188 Å². The van der Waals surface area contributed by atoms with Crippen molar-refractivity contribution in [2.24, 2.45) is 5.73 Å². The Balaban J connectivity index is 2.15. The monoisotopic (exact) mass is 493 g/mol. The molecule has 1 saturated heterocycles. The number of primary amides is 1. The topological polar surface area (TPSA) is 110 Å². The van der Waals surface area contributed by atoms with Crippen molar-refractivity contribution in [3.63, 3.8) is 0 Å². The van der Waals surface area contributed by atoms with Gasteiger partial charge in [0.25, 0.3) is 0 Å². The number of carbonyl (C=O) groups excluding carboxylic acids is 2. The predicted molar refractivity (Wildman–Crippen MR) is 104 cm³/mol. The van der Waals surface area contributed by atoms with Gasteiger partial charge in [0, 0.05) is 37.0 Å². The molecule has 1 unspecified atom stereocenters. The van der Waals surface area contributed by atoms with Crippen LogP contribution in [0.2, 0.25) is 5.02 Å². The van der Waals surface area contributed by atoms with Crippen LogP contribution in [0.15, 0.2) is 24.5 Å². The summed E-state index contributed by atoms with van der Waals surface area (Å²) in [6, 6.07) is 0.282. The lowest BCUT2D eigenvalue weighted by atomic mass is 9.74. The maximum Gasteiger partial charge on any atom is 0.422 e. The lowest BCUT2D eigenvalue weighted by Crippen LogP contribution is -2.68. The number of rotatable bonds is 5. The number of amides is 3. The van der Waals surface area contributed by atoms with E-state index in [4.69, 9.17) is 17.3 Å². The SMILES string of the molecule is CC1([C@H](c2cnc(OCC(F)(F)F)nc2)c2ccc(F)c(Cl)c2F)C(=O)NCCN1C(N)=O. The molecule has 0 aliphatic carbocycles. The molecule has 3 N–H and O–H groups in total. The molecule has 1 aliphatic heterocycles. The molecule has 2 heterocycles. The predicted octanol–water partition coefficient (Wildman–Crippen LogP) is 2.75. The fraction of sp³-hybridized carbons (Fsp3) is 0.368. The summed E-state index contributed by atoms with van der Waals surface area (Å²) in [5.74, 6) is -4.35. The number of nitrogens with two attached hydrogens (primary N) is 1. The van der Waals surface area contributed by atoms with Gasteiger partial charge in [0.1, 0.15) is 22.2 Å². The molecule has 1 aromatic carbocycles. The van der Waals surface area contributed by atoms with Gasteiger partial charge in [0.2, 0.25) is 5.91 Å². The van der Waals surface area contributed by atoms with E-state index in [2.05, 4.69) is 20.0 Å². The standard InChI is InChI=1S/C19H17ClF5N5O3/c1-18(15(31)27-4-5-30(18)16(26)32)12(10-2-3-11(21)13(20)14(10)22)9-6-28-17(29-7-9)33-8-19(23,24)25/h2-3,6-7,12H,4-5,8H2,1H3,(H2,26,32)(H,27,31)/t12-,18?/m1/s1. The van der Waals surface area contributed by atoms with Gasteiger partial charge in [0.15, 0.2) is 6.61 Å². The Morgan fingerprint density at radius 3 is 2.55 bits per heavy atom. The summed E-state index contributed by atoms with van der Waals surface area (Å²) >= 11 is 5.73. The second kappa shape index (κ2) is 8.96. The number of aromatic nitrogens is 2. The molecule has 0 bridgehead atoms. The highest BCUT2D eigenvalue weighted by molar-refractivity contribution is 6.31. The first-order valence-corrected chi connectivity index (χ1v) is 9.74. The fourth-order valence-electron chi connectivity index (χ4n) is 3.71.